The molecule has 0 aromatic heterocycles. The van der Waals surface area contributed by atoms with Crippen molar-refractivity contribution >= 4 is 46.0 Å². The highest BCUT2D eigenvalue weighted by Crippen LogP contribution is 2.33. The van der Waals surface area contributed by atoms with E-state index in [1.54, 1.807) is 11.0 Å². The number of carbonyl (C=O) groups is 1. The van der Waals surface area contributed by atoms with Gasteiger partial charge in [0.2, 0.25) is 0 Å². The number of carbonyl (C=O) groups excluding carboxylic acids is 1. The molecular weight excluding hydrogens is 438 g/mol. The molecule has 0 atom stereocenters. The minimum atomic E-state index is -0.0201. The molecule has 2 heterocycles. The van der Waals surface area contributed by atoms with Crippen LogP contribution in [0.2, 0.25) is 0 Å². The lowest BCUT2D eigenvalue weighted by atomic mass is 10.1. The van der Waals surface area contributed by atoms with Gasteiger partial charge in [-0.15, -0.1) is 0 Å². The molecule has 0 saturated carbocycles. The Hall–Kier alpha value is -2.61. The highest BCUT2D eigenvalue weighted by atomic mass is 32.2. The standard InChI is InChI=1S/C25H27N3O2S2/c1-3-16-30-21-10-8-20(9-11-21)17-23-24(29)28(25(31)32-23)18-26-12-14-27(15-13-26)22-7-5-4-6-19(22)2/h3-11,17H,1,12-16,18H2,2H3. The van der Waals surface area contributed by atoms with Gasteiger partial charge in [0.1, 0.15) is 16.7 Å². The van der Waals surface area contributed by atoms with Crippen molar-refractivity contribution in [2.24, 2.45) is 0 Å². The number of piperazine rings is 1. The molecule has 5 nitrogen and oxygen atoms in total. The van der Waals surface area contributed by atoms with E-state index in [0.717, 1.165) is 37.5 Å². The van der Waals surface area contributed by atoms with E-state index in [1.807, 2.05) is 30.3 Å². The molecule has 0 radical (unpaired) electrons. The monoisotopic (exact) mass is 465 g/mol. The molecule has 166 valence electrons. The minimum Gasteiger partial charge on any atom is -0.490 e. The highest BCUT2D eigenvalue weighted by Gasteiger charge is 2.33. The second-order valence-corrected chi connectivity index (χ2v) is 9.49. The molecule has 2 aliphatic rings. The average molecular weight is 466 g/mol. The van der Waals surface area contributed by atoms with Gasteiger partial charge in [-0.2, -0.15) is 0 Å². The van der Waals surface area contributed by atoms with Crippen LogP contribution in [0.3, 0.4) is 0 Å². The van der Waals surface area contributed by atoms with Crippen molar-refractivity contribution in [3.05, 3.63) is 77.2 Å². The fourth-order valence-electron chi connectivity index (χ4n) is 3.84. The molecule has 0 bridgehead atoms. The van der Waals surface area contributed by atoms with Crippen molar-refractivity contribution in [2.75, 3.05) is 44.4 Å². The maximum Gasteiger partial charge on any atom is 0.267 e. The summed E-state index contributed by atoms with van der Waals surface area (Å²) < 4.78 is 6.13. The highest BCUT2D eigenvalue weighted by molar-refractivity contribution is 8.26. The summed E-state index contributed by atoms with van der Waals surface area (Å²) in [6.07, 6.45) is 3.61. The topological polar surface area (TPSA) is 36.0 Å². The Balaban J connectivity index is 1.35. The number of hydrogen-bond acceptors (Lipinski definition) is 6. The van der Waals surface area contributed by atoms with Crippen molar-refractivity contribution in [1.82, 2.24) is 9.80 Å². The molecule has 0 aliphatic carbocycles. The number of ether oxygens (including phenoxy) is 1. The van der Waals surface area contributed by atoms with Crippen LogP contribution < -0.4 is 9.64 Å². The lowest BCUT2D eigenvalue weighted by Crippen LogP contribution is -2.51. The summed E-state index contributed by atoms with van der Waals surface area (Å²) in [6.45, 7) is 10.5. The molecule has 0 spiro atoms. The zero-order chi connectivity index (χ0) is 22.5. The molecule has 2 aromatic carbocycles. The summed E-state index contributed by atoms with van der Waals surface area (Å²) >= 11 is 6.90. The van der Waals surface area contributed by atoms with Crippen LogP contribution in [0, 0.1) is 6.92 Å². The maximum absolute atomic E-state index is 13.0. The van der Waals surface area contributed by atoms with E-state index in [1.165, 1.54) is 23.0 Å². The van der Waals surface area contributed by atoms with E-state index in [-0.39, 0.29) is 5.91 Å². The van der Waals surface area contributed by atoms with Gasteiger partial charge >= 0.3 is 0 Å². The van der Waals surface area contributed by atoms with Gasteiger partial charge in [0, 0.05) is 31.9 Å². The number of rotatable bonds is 7. The zero-order valence-corrected chi connectivity index (χ0v) is 19.8. The first-order chi connectivity index (χ1) is 15.5. The quantitative estimate of drug-likeness (QED) is 0.339. The number of benzene rings is 2. The lowest BCUT2D eigenvalue weighted by molar-refractivity contribution is -0.123. The Labute approximate surface area is 199 Å². The van der Waals surface area contributed by atoms with Crippen LogP contribution in [0.1, 0.15) is 11.1 Å². The third kappa shape index (κ3) is 5.23. The fourth-order valence-corrected chi connectivity index (χ4v) is 5.08. The Morgan fingerprint density at radius 3 is 2.50 bits per heavy atom. The van der Waals surface area contributed by atoms with E-state index >= 15 is 0 Å². The number of aryl methyl sites for hydroxylation is 1. The molecule has 0 unspecified atom stereocenters. The average Bonchev–Trinajstić information content (AvgIpc) is 3.07. The second-order valence-electron chi connectivity index (χ2n) is 7.81. The SMILES string of the molecule is C=CCOc1ccc(C=C2SC(=S)N(CN3CCN(c4ccccc4C)CC3)C2=O)cc1. The van der Waals surface area contributed by atoms with Gasteiger partial charge in [0.15, 0.2) is 0 Å². The molecule has 0 N–H and O–H groups in total. The van der Waals surface area contributed by atoms with Gasteiger partial charge in [0.05, 0.1) is 11.6 Å². The third-order valence-electron chi connectivity index (χ3n) is 5.59. The summed E-state index contributed by atoms with van der Waals surface area (Å²) in [5.41, 5.74) is 3.54. The lowest BCUT2D eigenvalue weighted by Gasteiger charge is -2.38. The van der Waals surface area contributed by atoms with Crippen LogP contribution >= 0.6 is 24.0 Å². The summed E-state index contributed by atoms with van der Waals surface area (Å²) in [6, 6.07) is 16.2. The predicted octanol–water partition coefficient (Wildman–Crippen LogP) is 4.54. The number of amides is 1. The number of nitrogens with zero attached hydrogens (tertiary/aromatic N) is 3. The van der Waals surface area contributed by atoms with Crippen LogP contribution in [0.25, 0.3) is 6.08 Å². The van der Waals surface area contributed by atoms with E-state index in [0.29, 0.717) is 22.5 Å². The maximum atomic E-state index is 13.0. The smallest absolute Gasteiger partial charge is 0.267 e. The number of thiocarbonyl (C=S) groups is 1. The van der Waals surface area contributed by atoms with E-state index < -0.39 is 0 Å². The number of para-hydroxylation sites is 1. The number of anilines is 1. The summed E-state index contributed by atoms with van der Waals surface area (Å²) in [5.74, 6) is 0.757. The van der Waals surface area contributed by atoms with Crippen LogP contribution in [0.5, 0.6) is 5.75 Å². The van der Waals surface area contributed by atoms with E-state index in [4.69, 9.17) is 17.0 Å². The van der Waals surface area contributed by atoms with Crippen LogP contribution in [0.15, 0.2) is 66.1 Å². The molecule has 1 amide bonds. The number of thioether (sulfide) groups is 1. The van der Waals surface area contributed by atoms with E-state index in [9.17, 15) is 4.79 Å². The van der Waals surface area contributed by atoms with Gasteiger partial charge in [-0.1, -0.05) is 67.0 Å². The van der Waals surface area contributed by atoms with Crippen molar-refractivity contribution in [2.45, 2.75) is 6.92 Å². The zero-order valence-electron chi connectivity index (χ0n) is 18.2. The van der Waals surface area contributed by atoms with Crippen molar-refractivity contribution in [3.63, 3.8) is 0 Å². The summed E-state index contributed by atoms with van der Waals surface area (Å²) in [5, 5.41) is 0. The third-order valence-corrected chi connectivity index (χ3v) is 6.97. The normalized spacial score (nSPS) is 18.5. The largest absolute Gasteiger partial charge is 0.490 e. The Bertz CT molecular complexity index is 1030. The van der Waals surface area contributed by atoms with Crippen molar-refractivity contribution in [1.29, 1.82) is 0 Å². The molecule has 4 rings (SSSR count). The van der Waals surface area contributed by atoms with Crippen LogP contribution in [0.4, 0.5) is 5.69 Å². The van der Waals surface area contributed by atoms with Gasteiger partial charge in [-0.05, 0) is 42.3 Å². The predicted molar refractivity (Wildman–Crippen MR) is 137 cm³/mol. The molecule has 2 fully saturated rings. The first kappa shape index (κ1) is 22.6. The van der Waals surface area contributed by atoms with E-state index in [2.05, 4.69) is 47.6 Å². The fraction of sp³-hybridized carbons (Fsp3) is 0.280. The molecule has 2 aromatic rings. The molecule has 7 heteroatoms. The molecule has 2 aliphatic heterocycles. The second kappa shape index (κ2) is 10.3. The van der Waals surface area contributed by atoms with Gasteiger partial charge in [-0.3, -0.25) is 14.6 Å². The van der Waals surface area contributed by atoms with Crippen molar-refractivity contribution < 1.29 is 9.53 Å². The molecule has 2 saturated heterocycles. The minimum absolute atomic E-state index is 0.0201. The van der Waals surface area contributed by atoms with Gasteiger partial charge < -0.3 is 9.64 Å². The Morgan fingerprint density at radius 1 is 1.09 bits per heavy atom. The summed E-state index contributed by atoms with van der Waals surface area (Å²) in [7, 11) is 0. The van der Waals surface area contributed by atoms with Gasteiger partial charge in [-0.25, -0.2) is 0 Å². The Morgan fingerprint density at radius 2 is 1.81 bits per heavy atom. The van der Waals surface area contributed by atoms with Gasteiger partial charge in [0.25, 0.3) is 5.91 Å². The van der Waals surface area contributed by atoms with Crippen molar-refractivity contribution in [3.8, 4) is 5.75 Å². The summed E-state index contributed by atoms with van der Waals surface area (Å²) in [4.78, 5) is 20.1. The molecule has 32 heavy (non-hydrogen) atoms. The first-order valence-corrected chi connectivity index (χ1v) is 11.9. The molecular formula is C25H27N3O2S2. The number of hydrogen-bond donors (Lipinski definition) is 0. The van der Waals surface area contributed by atoms with Crippen LogP contribution in [-0.2, 0) is 4.79 Å². The first-order valence-electron chi connectivity index (χ1n) is 10.7. The Kier molecular flexibility index (Phi) is 7.29. The van der Waals surface area contributed by atoms with Crippen LogP contribution in [-0.4, -0.2) is 59.5 Å².